The summed E-state index contributed by atoms with van der Waals surface area (Å²) in [7, 11) is 0. The predicted octanol–water partition coefficient (Wildman–Crippen LogP) is 5.49. The number of Topliss-reactive ketones (excluding diaryl/α,β-unsaturated/α-hetero) is 1. The Morgan fingerprint density at radius 1 is 0.844 bits per heavy atom. The molecule has 0 unspecified atom stereocenters. The highest BCUT2D eigenvalue weighted by Crippen LogP contribution is 2.60. The number of ketones is 1. The Labute approximate surface area is 277 Å². The number of carbonyl (C=O) groups excluding carboxylic acids is 5. The number of hydrogen-bond acceptors (Lipinski definition) is 8. The van der Waals surface area contributed by atoms with Crippen molar-refractivity contribution in [3.8, 4) is 5.75 Å². The molecule has 2 aliphatic carbocycles. The molecule has 3 fully saturated rings. The fourth-order valence-electron chi connectivity index (χ4n) is 6.37. The normalized spacial score (nSPS) is 24.8. The number of carbonyl (C=O) groups is 5. The maximum Gasteiger partial charge on any atom is 0.343 e. The van der Waals surface area contributed by atoms with E-state index in [-0.39, 0.29) is 49.6 Å². The minimum absolute atomic E-state index is 0.00415. The van der Waals surface area contributed by atoms with Crippen LogP contribution in [0, 0.1) is 33.8 Å². The number of hydrazine groups is 1. The zero-order valence-corrected chi connectivity index (χ0v) is 27.0. The highest BCUT2D eigenvalue weighted by molar-refractivity contribution is 9.12. The van der Waals surface area contributed by atoms with Gasteiger partial charge < -0.3 is 4.74 Å². The van der Waals surface area contributed by atoms with Crippen LogP contribution in [0.1, 0.15) is 37.5 Å². The third-order valence-corrected chi connectivity index (χ3v) is 12.0. The number of nitro groups is 1. The fourth-order valence-corrected chi connectivity index (χ4v) is 8.37. The summed E-state index contributed by atoms with van der Waals surface area (Å²) in [6.07, 6.45) is 0.706. The number of nitro benzene ring substituents is 1. The Hall–Kier alpha value is -3.94. The molecular formula is C31H22Br2ClN3O8. The molecule has 230 valence electrons. The summed E-state index contributed by atoms with van der Waals surface area (Å²) >= 11 is 13.3. The minimum atomic E-state index is -0.759. The Balaban J connectivity index is 1.22. The van der Waals surface area contributed by atoms with Crippen LogP contribution < -0.4 is 4.74 Å². The molecule has 0 spiro atoms. The maximum absolute atomic E-state index is 13.8. The highest BCUT2D eigenvalue weighted by atomic mass is 79.9. The molecule has 2 saturated carbocycles. The van der Waals surface area contributed by atoms with Crippen LogP contribution in [0.5, 0.6) is 5.75 Å². The lowest BCUT2D eigenvalue weighted by Crippen LogP contribution is -2.52. The molecule has 0 radical (unpaired) electrons. The lowest BCUT2D eigenvalue weighted by molar-refractivity contribution is -0.384. The second-order valence-electron chi connectivity index (χ2n) is 11.0. The molecule has 1 heterocycles. The molecule has 14 heteroatoms. The van der Waals surface area contributed by atoms with Gasteiger partial charge in [0.05, 0.1) is 22.3 Å². The van der Waals surface area contributed by atoms with Crippen LogP contribution in [0.25, 0.3) is 0 Å². The van der Waals surface area contributed by atoms with Crippen LogP contribution >= 0.6 is 43.5 Å². The molecule has 2 bridgehead atoms. The Morgan fingerprint density at radius 2 is 1.36 bits per heavy atom. The van der Waals surface area contributed by atoms with Crippen LogP contribution in [0.15, 0.2) is 72.8 Å². The zero-order valence-electron chi connectivity index (χ0n) is 23.0. The van der Waals surface area contributed by atoms with Crippen LogP contribution in [0.3, 0.4) is 0 Å². The van der Waals surface area contributed by atoms with Gasteiger partial charge in [-0.25, -0.2) is 9.80 Å². The summed E-state index contributed by atoms with van der Waals surface area (Å²) in [6, 6.07) is 16.3. The SMILES string of the molecule is O=C(CN(C(=O)c1ccc(Cl)cc1)N1C(=O)[C@@H]2[C@H]3C[C@@H]([C@H](Br)[C@H]3Br)[C@H]2C1=O)c1ccc(OC(=O)c2ccc([N+](=O)[O-])cc2)cc1. The molecule has 3 amide bonds. The first-order valence-electron chi connectivity index (χ1n) is 13.8. The van der Waals surface area contributed by atoms with Gasteiger partial charge in [-0.2, -0.15) is 5.01 Å². The topological polar surface area (TPSA) is 144 Å². The number of non-ortho nitro benzene ring substituents is 1. The molecule has 6 rings (SSSR count). The molecule has 3 aromatic rings. The first-order valence-corrected chi connectivity index (χ1v) is 16.0. The van der Waals surface area contributed by atoms with E-state index in [9.17, 15) is 34.1 Å². The summed E-state index contributed by atoms with van der Waals surface area (Å²) in [4.78, 5) is 77.5. The van der Waals surface area contributed by atoms with Gasteiger partial charge in [0.2, 0.25) is 0 Å². The fraction of sp³-hybridized carbons (Fsp3) is 0.258. The highest BCUT2D eigenvalue weighted by Gasteiger charge is 2.67. The standard InChI is InChI=1S/C31H22Br2ClN3O8/c32-26-21-13-22(27(26)33)25-24(21)29(40)36(30(25)41)35(28(39)16-1-7-18(34)8-2-16)14-23(38)15-5-11-20(12-6-15)45-31(42)17-3-9-19(10-4-17)37(43)44/h1-12,21-22,24-27H,13-14H2/t21-,22-,24-,25-,26+,27+/m1/s1. The largest absolute Gasteiger partial charge is 0.423 e. The summed E-state index contributed by atoms with van der Waals surface area (Å²) in [5, 5.41) is 13.0. The predicted molar refractivity (Wildman–Crippen MR) is 167 cm³/mol. The van der Waals surface area contributed by atoms with Gasteiger partial charge in [-0.15, -0.1) is 0 Å². The number of benzene rings is 3. The second-order valence-corrected chi connectivity index (χ2v) is 13.6. The van der Waals surface area contributed by atoms with Crippen LogP contribution in [-0.2, 0) is 9.59 Å². The minimum Gasteiger partial charge on any atom is -0.423 e. The quantitative estimate of drug-likeness (QED) is 0.0559. The van der Waals surface area contributed by atoms with E-state index >= 15 is 0 Å². The molecule has 11 nitrogen and oxygen atoms in total. The van der Waals surface area contributed by atoms with Crippen LogP contribution in [0.4, 0.5) is 5.69 Å². The lowest BCUT2D eigenvalue weighted by Gasteiger charge is -2.31. The molecule has 3 aromatic carbocycles. The van der Waals surface area contributed by atoms with Crippen molar-refractivity contribution in [3.05, 3.63) is 105 Å². The van der Waals surface area contributed by atoms with Gasteiger partial charge in [-0.3, -0.25) is 29.3 Å². The number of esters is 1. The monoisotopic (exact) mass is 757 g/mol. The number of fused-ring (bicyclic) bond motifs is 5. The zero-order chi connectivity index (χ0) is 32.2. The summed E-state index contributed by atoms with van der Waals surface area (Å²) in [5.74, 6) is -4.32. The van der Waals surface area contributed by atoms with Gasteiger partial charge in [0.25, 0.3) is 23.4 Å². The van der Waals surface area contributed by atoms with Gasteiger partial charge >= 0.3 is 5.97 Å². The average molecular weight is 760 g/mol. The van der Waals surface area contributed by atoms with E-state index in [2.05, 4.69) is 31.9 Å². The van der Waals surface area contributed by atoms with Crippen molar-refractivity contribution >= 4 is 78.6 Å². The molecule has 45 heavy (non-hydrogen) atoms. The van der Waals surface area contributed by atoms with Gasteiger partial charge in [-0.1, -0.05) is 43.5 Å². The summed E-state index contributed by atoms with van der Waals surface area (Å²) in [6.45, 7) is -0.606. The maximum atomic E-state index is 13.8. The van der Waals surface area contributed by atoms with Gasteiger partial charge in [0.1, 0.15) is 12.3 Å². The molecule has 1 saturated heterocycles. The third kappa shape index (κ3) is 5.57. The van der Waals surface area contributed by atoms with E-state index in [0.29, 0.717) is 11.4 Å². The molecule has 0 aromatic heterocycles. The number of nitrogens with zero attached hydrogens (tertiary/aromatic N) is 3. The first-order chi connectivity index (χ1) is 21.5. The smallest absolute Gasteiger partial charge is 0.343 e. The summed E-state index contributed by atoms with van der Waals surface area (Å²) in [5.41, 5.74) is 0.191. The van der Waals surface area contributed by atoms with Gasteiger partial charge in [0.15, 0.2) is 5.78 Å². The van der Waals surface area contributed by atoms with Crippen molar-refractivity contribution in [2.24, 2.45) is 23.7 Å². The number of halogens is 3. The Morgan fingerprint density at radius 3 is 1.89 bits per heavy atom. The molecule has 0 N–H and O–H groups in total. The van der Waals surface area contributed by atoms with Gasteiger partial charge in [0, 0.05) is 37.9 Å². The van der Waals surface area contributed by atoms with Crippen molar-refractivity contribution in [2.45, 2.75) is 16.1 Å². The molecule has 6 atom stereocenters. The molecule has 3 aliphatic rings. The van der Waals surface area contributed by atoms with Crippen molar-refractivity contribution in [2.75, 3.05) is 6.54 Å². The van der Waals surface area contributed by atoms with Crippen molar-refractivity contribution < 1.29 is 33.6 Å². The van der Waals surface area contributed by atoms with E-state index in [1.807, 2.05) is 0 Å². The second kappa shape index (κ2) is 12.1. The van der Waals surface area contributed by atoms with E-state index < -0.39 is 52.8 Å². The van der Waals surface area contributed by atoms with E-state index in [0.717, 1.165) is 10.0 Å². The molecule has 1 aliphatic heterocycles. The number of rotatable bonds is 8. The van der Waals surface area contributed by atoms with Crippen LogP contribution in [-0.4, -0.2) is 60.6 Å². The third-order valence-electron chi connectivity index (χ3n) is 8.52. The van der Waals surface area contributed by atoms with Crippen LogP contribution in [0.2, 0.25) is 5.02 Å². The average Bonchev–Trinajstić information content (AvgIpc) is 3.65. The Bertz CT molecular complexity index is 1700. The number of alkyl halides is 2. The van der Waals surface area contributed by atoms with Crippen molar-refractivity contribution in [3.63, 3.8) is 0 Å². The van der Waals surface area contributed by atoms with Crippen molar-refractivity contribution in [1.29, 1.82) is 0 Å². The Kier molecular flexibility index (Phi) is 8.35. The number of hydrogen-bond donors (Lipinski definition) is 0. The van der Waals surface area contributed by atoms with Gasteiger partial charge in [-0.05, 0) is 78.9 Å². The lowest BCUT2D eigenvalue weighted by atomic mass is 9.81. The van der Waals surface area contributed by atoms with E-state index in [1.165, 1.54) is 72.8 Å². The molecular weight excluding hydrogens is 738 g/mol. The number of ether oxygens (including phenoxy) is 1. The number of amides is 3. The summed E-state index contributed by atoms with van der Waals surface area (Å²) < 4.78 is 5.32. The van der Waals surface area contributed by atoms with E-state index in [1.54, 1.807) is 0 Å². The number of imide groups is 1. The van der Waals surface area contributed by atoms with E-state index in [4.69, 9.17) is 16.3 Å². The van der Waals surface area contributed by atoms with Crippen molar-refractivity contribution in [1.82, 2.24) is 10.0 Å². The first kappa shape index (κ1) is 31.1.